The molecule has 2 nitrogen and oxygen atoms in total. The average Bonchev–Trinajstić information content (AvgIpc) is 3.27. The average molecular weight is 280 g/mol. The van der Waals surface area contributed by atoms with Gasteiger partial charge in [-0.1, -0.05) is 23.7 Å². The second-order valence-corrected chi connectivity index (χ2v) is 6.20. The Bertz CT molecular complexity index is 396. The van der Waals surface area contributed by atoms with Gasteiger partial charge in [0.05, 0.1) is 6.10 Å². The summed E-state index contributed by atoms with van der Waals surface area (Å²) in [5.41, 5.74) is 1.36. The Morgan fingerprint density at radius 3 is 2.58 bits per heavy atom. The second-order valence-electron chi connectivity index (χ2n) is 5.76. The fourth-order valence-electron chi connectivity index (χ4n) is 2.88. The number of ether oxygens (including phenoxy) is 1. The Labute approximate surface area is 120 Å². The van der Waals surface area contributed by atoms with Crippen LogP contribution >= 0.6 is 11.6 Å². The monoisotopic (exact) mass is 279 g/mol. The van der Waals surface area contributed by atoms with Crippen LogP contribution in [0, 0.1) is 5.92 Å². The third-order valence-electron chi connectivity index (χ3n) is 4.16. The first kappa shape index (κ1) is 13.4. The van der Waals surface area contributed by atoms with Crippen molar-refractivity contribution in [1.82, 2.24) is 5.32 Å². The van der Waals surface area contributed by atoms with Gasteiger partial charge in [0.25, 0.3) is 0 Å². The highest BCUT2D eigenvalue weighted by atomic mass is 35.5. The van der Waals surface area contributed by atoms with E-state index in [9.17, 15) is 0 Å². The van der Waals surface area contributed by atoms with Gasteiger partial charge in [0.2, 0.25) is 0 Å². The van der Waals surface area contributed by atoms with E-state index in [2.05, 4.69) is 17.4 Å². The maximum atomic E-state index is 5.97. The van der Waals surface area contributed by atoms with Crippen LogP contribution in [0.2, 0.25) is 5.02 Å². The van der Waals surface area contributed by atoms with Gasteiger partial charge in [0, 0.05) is 24.2 Å². The van der Waals surface area contributed by atoms with Crippen molar-refractivity contribution < 1.29 is 4.74 Å². The lowest BCUT2D eigenvalue weighted by Crippen LogP contribution is -2.34. The summed E-state index contributed by atoms with van der Waals surface area (Å²) in [5, 5.41) is 4.53. The number of halogens is 1. The van der Waals surface area contributed by atoms with Crippen LogP contribution in [0.15, 0.2) is 24.3 Å². The van der Waals surface area contributed by atoms with E-state index in [-0.39, 0.29) is 0 Å². The van der Waals surface area contributed by atoms with E-state index in [0.29, 0.717) is 12.1 Å². The number of rotatable bonds is 5. The Morgan fingerprint density at radius 1 is 1.16 bits per heavy atom. The van der Waals surface area contributed by atoms with Crippen molar-refractivity contribution in [3.8, 4) is 0 Å². The van der Waals surface area contributed by atoms with Crippen LogP contribution in [-0.4, -0.2) is 19.3 Å². The zero-order chi connectivity index (χ0) is 13.1. The molecule has 1 saturated carbocycles. The third kappa shape index (κ3) is 3.71. The molecule has 1 heterocycles. The zero-order valence-corrected chi connectivity index (χ0v) is 12.0. The highest BCUT2D eigenvalue weighted by Crippen LogP contribution is 2.41. The van der Waals surface area contributed by atoms with Crippen molar-refractivity contribution in [2.24, 2.45) is 5.92 Å². The minimum Gasteiger partial charge on any atom is -0.377 e. The van der Waals surface area contributed by atoms with Gasteiger partial charge in [-0.3, -0.25) is 0 Å². The predicted octanol–water partition coefficient (Wildman–Crippen LogP) is 3.95. The molecule has 1 aliphatic carbocycles. The molecule has 3 rings (SSSR count). The molecule has 1 aromatic rings. The molecule has 0 bridgehead atoms. The second kappa shape index (κ2) is 6.25. The van der Waals surface area contributed by atoms with Crippen molar-refractivity contribution in [2.45, 2.75) is 44.2 Å². The van der Waals surface area contributed by atoms with Gasteiger partial charge < -0.3 is 10.1 Å². The molecule has 3 heteroatoms. The van der Waals surface area contributed by atoms with Gasteiger partial charge in [0.15, 0.2) is 0 Å². The smallest absolute Gasteiger partial charge is 0.0699 e. The lowest BCUT2D eigenvalue weighted by atomic mass is 10.0. The molecule has 1 saturated heterocycles. The van der Waals surface area contributed by atoms with Crippen molar-refractivity contribution in [3.05, 3.63) is 34.9 Å². The van der Waals surface area contributed by atoms with Crippen LogP contribution in [0.4, 0.5) is 0 Å². The Balaban J connectivity index is 1.59. The summed E-state index contributed by atoms with van der Waals surface area (Å²) in [6.07, 6.45) is 6.81. The van der Waals surface area contributed by atoms with Gasteiger partial charge in [0.1, 0.15) is 0 Å². The van der Waals surface area contributed by atoms with E-state index in [1.807, 2.05) is 12.1 Å². The lowest BCUT2D eigenvalue weighted by Gasteiger charge is -2.26. The standard InChI is InChI=1S/C16H22ClNO/c17-14-8-6-13(7-9-14)16(12-4-5-12)18-11-15-3-1-2-10-19-15/h6-9,12,15-16,18H,1-5,10-11H2/t15-,16-/m1/s1. The minimum absolute atomic E-state index is 0.405. The Kier molecular flexibility index (Phi) is 4.42. The minimum atomic E-state index is 0.405. The summed E-state index contributed by atoms with van der Waals surface area (Å²) >= 11 is 5.97. The van der Waals surface area contributed by atoms with Crippen molar-refractivity contribution in [2.75, 3.05) is 13.2 Å². The Hall–Kier alpha value is -0.570. The van der Waals surface area contributed by atoms with Crippen LogP contribution in [0.5, 0.6) is 0 Å². The highest BCUT2D eigenvalue weighted by molar-refractivity contribution is 6.30. The fourth-order valence-corrected chi connectivity index (χ4v) is 3.01. The normalized spacial score (nSPS) is 25.2. The summed E-state index contributed by atoms with van der Waals surface area (Å²) < 4.78 is 5.80. The van der Waals surface area contributed by atoms with Crippen LogP contribution < -0.4 is 5.32 Å². The van der Waals surface area contributed by atoms with E-state index in [4.69, 9.17) is 16.3 Å². The van der Waals surface area contributed by atoms with Crippen molar-refractivity contribution in [1.29, 1.82) is 0 Å². The summed E-state index contributed by atoms with van der Waals surface area (Å²) in [4.78, 5) is 0. The topological polar surface area (TPSA) is 21.3 Å². The molecular formula is C16H22ClNO. The molecule has 0 amide bonds. The quantitative estimate of drug-likeness (QED) is 0.881. The van der Waals surface area contributed by atoms with Crippen molar-refractivity contribution in [3.63, 3.8) is 0 Å². The van der Waals surface area contributed by atoms with E-state index in [1.54, 1.807) is 0 Å². The van der Waals surface area contributed by atoms with Gasteiger partial charge in [-0.05, 0) is 55.7 Å². The summed E-state index contributed by atoms with van der Waals surface area (Å²) in [6, 6.07) is 8.76. The summed E-state index contributed by atoms with van der Waals surface area (Å²) in [7, 11) is 0. The third-order valence-corrected chi connectivity index (χ3v) is 4.41. The molecule has 19 heavy (non-hydrogen) atoms. The molecule has 104 valence electrons. The summed E-state index contributed by atoms with van der Waals surface area (Å²) in [5.74, 6) is 0.796. The SMILES string of the molecule is Clc1ccc([C@H](NC[C@H]2CCCCO2)C2CC2)cc1. The van der Waals surface area contributed by atoms with Crippen molar-refractivity contribution >= 4 is 11.6 Å². The number of hydrogen-bond acceptors (Lipinski definition) is 2. The largest absolute Gasteiger partial charge is 0.377 e. The van der Waals surface area contributed by atoms with Crippen LogP contribution in [0.25, 0.3) is 0 Å². The number of nitrogens with one attached hydrogen (secondary N) is 1. The van der Waals surface area contributed by atoms with Crippen LogP contribution in [-0.2, 0) is 4.74 Å². The van der Waals surface area contributed by atoms with E-state index >= 15 is 0 Å². The van der Waals surface area contributed by atoms with E-state index in [0.717, 1.165) is 24.1 Å². The molecule has 0 spiro atoms. The highest BCUT2D eigenvalue weighted by Gasteiger charge is 2.32. The molecule has 1 N–H and O–H groups in total. The van der Waals surface area contributed by atoms with E-state index in [1.165, 1.54) is 37.7 Å². The lowest BCUT2D eigenvalue weighted by molar-refractivity contribution is 0.0149. The number of hydrogen-bond donors (Lipinski definition) is 1. The molecule has 0 aromatic heterocycles. The molecule has 1 aromatic carbocycles. The van der Waals surface area contributed by atoms with Crippen LogP contribution in [0.3, 0.4) is 0 Å². The van der Waals surface area contributed by atoms with Crippen LogP contribution in [0.1, 0.15) is 43.7 Å². The van der Waals surface area contributed by atoms with Gasteiger partial charge in [-0.25, -0.2) is 0 Å². The first-order valence-corrected chi connectivity index (χ1v) is 7.81. The van der Waals surface area contributed by atoms with Gasteiger partial charge in [-0.15, -0.1) is 0 Å². The molecular weight excluding hydrogens is 258 g/mol. The maximum absolute atomic E-state index is 5.97. The first-order chi connectivity index (χ1) is 9.33. The first-order valence-electron chi connectivity index (χ1n) is 7.43. The van der Waals surface area contributed by atoms with Gasteiger partial charge >= 0.3 is 0 Å². The predicted molar refractivity (Wildman–Crippen MR) is 78.5 cm³/mol. The molecule has 2 fully saturated rings. The van der Waals surface area contributed by atoms with E-state index < -0.39 is 0 Å². The molecule has 2 atom stereocenters. The molecule has 2 aliphatic rings. The Morgan fingerprint density at radius 2 is 1.95 bits per heavy atom. The maximum Gasteiger partial charge on any atom is 0.0699 e. The molecule has 0 unspecified atom stereocenters. The summed E-state index contributed by atoms with van der Waals surface area (Å²) in [6.45, 7) is 1.91. The zero-order valence-electron chi connectivity index (χ0n) is 11.3. The molecule has 0 radical (unpaired) electrons. The fraction of sp³-hybridized carbons (Fsp3) is 0.625. The number of benzene rings is 1. The molecule has 1 aliphatic heterocycles. The van der Waals surface area contributed by atoms with Gasteiger partial charge in [-0.2, -0.15) is 0 Å².